The first-order valence-electron chi connectivity index (χ1n) is 12.5. The van der Waals surface area contributed by atoms with Crippen molar-refractivity contribution < 1.29 is 14.3 Å². The van der Waals surface area contributed by atoms with Gasteiger partial charge in [0, 0.05) is 12.8 Å². The van der Waals surface area contributed by atoms with E-state index in [1.54, 1.807) is 0 Å². The van der Waals surface area contributed by atoms with E-state index in [-0.39, 0.29) is 12.2 Å². The van der Waals surface area contributed by atoms with Crippen LogP contribution in [0, 0.1) is 22.0 Å². The minimum absolute atomic E-state index is 0.131. The number of ketones is 1. The van der Waals surface area contributed by atoms with Crippen LogP contribution in [-0.4, -0.2) is 42.8 Å². The second-order valence-corrected chi connectivity index (χ2v) is 10.3. The molecule has 0 amide bonds. The van der Waals surface area contributed by atoms with Crippen molar-refractivity contribution in [2.24, 2.45) is 20.8 Å². The van der Waals surface area contributed by atoms with Crippen molar-refractivity contribution in [1.29, 1.82) is 16.6 Å². The Morgan fingerprint density at radius 3 is 2.08 bits per heavy atom. The van der Waals surface area contributed by atoms with Crippen molar-refractivity contribution in [3.05, 3.63) is 71.8 Å². The zero-order valence-electron chi connectivity index (χ0n) is 20.3. The van der Waals surface area contributed by atoms with Crippen molar-refractivity contribution in [1.82, 2.24) is 0 Å². The predicted molar refractivity (Wildman–Crippen MR) is 130 cm³/mol. The number of hydrogen-bond acceptors (Lipinski definition) is 9. The number of rotatable bonds is 7. The second-order valence-electron chi connectivity index (χ2n) is 10.3. The van der Waals surface area contributed by atoms with E-state index in [1.165, 1.54) is 0 Å². The summed E-state index contributed by atoms with van der Waals surface area (Å²) in [6, 6.07) is 18.7. The van der Waals surface area contributed by atoms with Gasteiger partial charge in [-0.1, -0.05) is 60.7 Å². The number of carbonyl (C=O) groups is 1. The highest BCUT2D eigenvalue weighted by atomic mass is 16.6. The van der Waals surface area contributed by atoms with Crippen molar-refractivity contribution in [2.45, 2.75) is 61.2 Å². The minimum atomic E-state index is -1.09. The molecule has 188 valence electrons. The van der Waals surface area contributed by atoms with Crippen LogP contribution < -0.4 is 0 Å². The fourth-order valence-electron chi connectivity index (χ4n) is 6.98. The van der Waals surface area contributed by atoms with E-state index < -0.39 is 28.1 Å². The zero-order chi connectivity index (χ0) is 25.3. The van der Waals surface area contributed by atoms with Gasteiger partial charge in [-0.25, -0.2) is 16.6 Å². The Morgan fingerprint density at radius 2 is 1.53 bits per heavy atom. The molecule has 1 heterocycles. The summed E-state index contributed by atoms with van der Waals surface area (Å²) in [5.74, 6) is -0.131. The molecule has 9 heteroatoms. The van der Waals surface area contributed by atoms with Crippen LogP contribution in [0.5, 0.6) is 0 Å². The summed E-state index contributed by atoms with van der Waals surface area (Å²) < 4.78 is 12.4. The van der Waals surface area contributed by atoms with Gasteiger partial charge in [0.05, 0.1) is 25.2 Å². The summed E-state index contributed by atoms with van der Waals surface area (Å²) in [6.45, 7) is 1.24. The van der Waals surface area contributed by atoms with E-state index in [9.17, 15) is 4.79 Å². The molecule has 3 aliphatic rings. The molecule has 2 aromatic carbocycles. The Labute approximate surface area is 210 Å². The Hall–Kier alpha value is -3.17. The topological polar surface area (TPSA) is 144 Å². The molecule has 1 saturated heterocycles. The van der Waals surface area contributed by atoms with Gasteiger partial charge in [0.2, 0.25) is 0 Å². The van der Waals surface area contributed by atoms with Crippen LogP contribution in [0.3, 0.4) is 0 Å². The van der Waals surface area contributed by atoms with Crippen LogP contribution in [-0.2, 0) is 26.2 Å². The number of Topliss-reactive ketones (excluding diaryl/α,β-unsaturated/α-hetero) is 1. The third-order valence-corrected chi connectivity index (χ3v) is 8.92. The van der Waals surface area contributed by atoms with Crippen LogP contribution in [0.1, 0.15) is 43.2 Å². The molecule has 5 rings (SSSR count). The summed E-state index contributed by atoms with van der Waals surface area (Å²) in [5.41, 5.74) is 22.4. The summed E-state index contributed by atoms with van der Waals surface area (Å²) in [7, 11) is 0. The number of carbonyl (C=O) groups excluding carboxylic acids is 1. The van der Waals surface area contributed by atoms with Crippen LogP contribution in [0.2, 0.25) is 0 Å². The lowest BCUT2D eigenvalue weighted by Gasteiger charge is -2.55. The molecule has 0 aromatic heterocycles. The number of ether oxygens (including phenoxy) is 2. The Bertz CT molecular complexity index is 1130. The van der Waals surface area contributed by atoms with Gasteiger partial charge in [-0.3, -0.25) is 4.79 Å². The van der Waals surface area contributed by atoms with Crippen molar-refractivity contribution in [3.63, 3.8) is 0 Å². The number of benzene rings is 2. The highest BCUT2D eigenvalue weighted by molar-refractivity contribution is 5.94. The lowest BCUT2D eigenvalue weighted by Crippen LogP contribution is -2.64. The molecule has 36 heavy (non-hydrogen) atoms. The highest BCUT2D eigenvalue weighted by Crippen LogP contribution is 2.63. The maximum absolute atomic E-state index is 13.8. The van der Waals surface area contributed by atoms with Gasteiger partial charge in [-0.05, 0) is 36.8 Å². The molecule has 3 atom stereocenters. The molecule has 2 aliphatic carbocycles. The first kappa shape index (κ1) is 24.5. The average Bonchev–Trinajstić information content (AvgIpc) is 3.18. The maximum atomic E-state index is 13.8. The Balaban J connectivity index is 1.55. The van der Waals surface area contributed by atoms with Gasteiger partial charge < -0.3 is 9.47 Å². The van der Waals surface area contributed by atoms with Crippen LogP contribution in [0.25, 0.3) is 0 Å². The van der Waals surface area contributed by atoms with Gasteiger partial charge in [0.15, 0.2) is 5.78 Å². The number of hydrogen-bond donors (Lipinski definition) is 3. The third-order valence-electron chi connectivity index (χ3n) is 8.92. The molecule has 3 unspecified atom stereocenters. The molecule has 2 aromatic rings. The molecular formula is C27H32N6O3. The Morgan fingerprint density at radius 1 is 0.861 bits per heavy atom. The van der Waals surface area contributed by atoms with E-state index in [0.717, 1.165) is 11.1 Å². The summed E-state index contributed by atoms with van der Waals surface area (Å²) >= 11 is 0. The van der Waals surface area contributed by atoms with E-state index in [1.807, 2.05) is 60.7 Å². The van der Waals surface area contributed by atoms with Gasteiger partial charge in [0.25, 0.3) is 0 Å². The van der Waals surface area contributed by atoms with Crippen molar-refractivity contribution >= 4 is 5.78 Å². The van der Waals surface area contributed by atoms with Crippen molar-refractivity contribution in [3.8, 4) is 0 Å². The molecular weight excluding hydrogens is 456 g/mol. The fourth-order valence-corrected chi connectivity index (χ4v) is 6.98. The molecule has 3 N–H and O–H groups in total. The lowest BCUT2D eigenvalue weighted by atomic mass is 9.54. The largest absolute Gasteiger partial charge is 0.376 e. The maximum Gasteiger partial charge on any atom is 0.168 e. The molecule has 3 fully saturated rings. The van der Waals surface area contributed by atoms with Gasteiger partial charge in [-0.2, -0.15) is 15.3 Å². The monoisotopic (exact) mass is 488 g/mol. The number of nitrogens with one attached hydrogen (secondary N) is 3. The zero-order valence-corrected chi connectivity index (χ0v) is 20.3. The van der Waals surface area contributed by atoms with Gasteiger partial charge in [-0.15, -0.1) is 0 Å². The predicted octanol–water partition coefficient (Wildman–Crippen LogP) is 5.64. The SMILES string of the molecule is N=NC1CC(N=N)(c2ccccc2)C2(CCC(N=N)(C3(Cc4ccccc4)COCCO3)CC2)C1=O. The van der Waals surface area contributed by atoms with E-state index >= 15 is 0 Å². The van der Waals surface area contributed by atoms with Crippen LogP contribution in [0.15, 0.2) is 76.0 Å². The Kier molecular flexibility index (Phi) is 6.38. The molecule has 1 aliphatic heterocycles. The fraction of sp³-hybridized carbons (Fsp3) is 0.519. The quantitative estimate of drug-likeness (QED) is 0.433. The summed E-state index contributed by atoms with van der Waals surface area (Å²) in [5, 5.41) is 12.0. The summed E-state index contributed by atoms with van der Waals surface area (Å²) in [4.78, 5) is 13.8. The van der Waals surface area contributed by atoms with Crippen molar-refractivity contribution in [2.75, 3.05) is 19.8 Å². The number of nitrogens with zero attached hydrogens (tertiary/aromatic N) is 3. The lowest BCUT2D eigenvalue weighted by molar-refractivity contribution is -0.202. The first-order chi connectivity index (χ1) is 17.5. The smallest absolute Gasteiger partial charge is 0.168 e. The second kappa shape index (κ2) is 9.37. The van der Waals surface area contributed by atoms with E-state index in [0.29, 0.717) is 51.9 Å². The average molecular weight is 489 g/mol. The molecule has 0 radical (unpaired) electrons. The standard InChI is InChI=1S/C27H32N6O3/c28-31-22-18-27(33-30,21-9-5-2-6-10-21)24(23(22)34)11-13-25(32-29,14-12-24)26(19-35-15-16-36-26)17-20-7-3-1-4-8-20/h1-10,22,28-30H,11-19H2. The molecule has 2 saturated carbocycles. The normalized spacial score (nSPS) is 36.4. The third kappa shape index (κ3) is 3.48. The molecule has 9 nitrogen and oxygen atoms in total. The van der Waals surface area contributed by atoms with E-state index in [4.69, 9.17) is 26.1 Å². The highest BCUT2D eigenvalue weighted by Gasteiger charge is 2.69. The summed E-state index contributed by atoms with van der Waals surface area (Å²) in [6.07, 6.45) is 2.38. The minimum Gasteiger partial charge on any atom is -0.376 e. The van der Waals surface area contributed by atoms with Gasteiger partial charge in [0.1, 0.15) is 22.7 Å². The van der Waals surface area contributed by atoms with Gasteiger partial charge >= 0.3 is 0 Å². The molecule has 0 bridgehead atoms. The molecule has 1 spiro atoms. The van der Waals surface area contributed by atoms with Crippen LogP contribution >= 0.6 is 0 Å². The van der Waals surface area contributed by atoms with Crippen LogP contribution in [0.4, 0.5) is 0 Å². The first-order valence-corrected chi connectivity index (χ1v) is 12.5. The van der Waals surface area contributed by atoms with E-state index in [2.05, 4.69) is 15.3 Å².